The second kappa shape index (κ2) is 8.36. The van der Waals surface area contributed by atoms with Crippen LogP contribution in [0.1, 0.15) is 45.4 Å². The standard InChI is InChI=1S/C9H15N/c1-2-3-4-5-6-7-8-9-10/h2-7H2,1H3. The zero-order valence-corrected chi connectivity index (χ0v) is 6.69. The molecule has 0 fully saturated rings. The minimum Gasteiger partial charge on any atom is -0.0878 e. The van der Waals surface area contributed by atoms with Crippen molar-refractivity contribution in [2.24, 2.45) is 0 Å². The molecule has 0 amide bonds. The molecule has 0 aromatic carbocycles. The molecule has 0 rings (SSSR count). The van der Waals surface area contributed by atoms with Gasteiger partial charge in [0, 0.05) is 6.42 Å². The molecular weight excluding hydrogens is 122 g/mol. The second-order valence-corrected chi connectivity index (χ2v) is 2.45. The average Bonchev–Trinajstić information content (AvgIpc) is 1.97. The van der Waals surface area contributed by atoms with Crippen LogP contribution in [0.5, 0.6) is 0 Å². The highest BCUT2D eigenvalue weighted by Gasteiger charge is 1.85. The lowest BCUT2D eigenvalue weighted by Crippen LogP contribution is -1.75. The van der Waals surface area contributed by atoms with Gasteiger partial charge in [-0.05, 0) is 6.42 Å². The van der Waals surface area contributed by atoms with Crippen molar-refractivity contribution in [3.63, 3.8) is 0 Å². The highest BCUT2D eigenvalue weighted by molar-refractivity contribution is 4.92. The van der Waals surface area contributed by atoms with Crippen LogP contribution < -0.4 is 5.73 Å². The molecular formula is C9H15N. The third-order valence-electron chi connectivity index (χ3n) is 1.48. The van der Waals surface area contributed by atoms with Crippen LogP contribution >= 0.6 is 0 Å². The highest BCUT2D eigenvalue weighted by Crippen LogP contribution is 2.03. The molecule has 0 unspecified atom stereocenters. The molecule has 2 radical (unpaired) electrons. The van der Waals surface area contributed by atoms with E-state index >= 15 is 0 Å². The van der Waals surface area contributed by atoms with Crippen LogP contribution in [0, 0.1) is 12.0 Å². The Kier molecular flexibility index (Phi) is 7.82. The Morgan fingerprint density at radius 1 is 1.10 bits per heavy atom. The summed E-state index contributed by atoms with van der Waals surface area (Å²) in [5.74, 6) is 2.63. The van der Waals surface area contributed by atoms with Crippen LogP contribution in [0.25, 0.3) is 0 Å². The number of hydrogen-bond acceptors (Lipinski definition) is 0. The van der Waals surface area contributed by atoms with E-state index in [0.717, 1.165) is 12.8 Å². The first-order valence-electron chi connectivity index (χ1n) is 4.03. The fraction of sp³-hybridized carbons (Fsp3) is 0.778. The summed E-state index contributed by atoms with van der Waals surface area (Å²) in [6.45, 7) is 2.20. The van der Waals surface area contributed by atoms with Crippen molar-refractivity contribution < 1.29 is 0 Å². The van der Waals surface area contributed by atoms with Crippen molar-refractivity contribution in [3.8, 4) is 12.0 Å². The van der Waals surface area contributed by atoms with Gasteiger partial charge in [0.15, 0.2) is 0 Å². The molecule has 0 aliphatic carbocycles. The van der Waals surface area contributed by atoms with Gasteiger partial charge in [0.05, 0.1) is 6.04 Å². The van der Waals surface area contributed by atoms with E-state index in [2.05, 4.69) is 12.8 Å². The smallest absolute Gasteiger partial charge is 0.0584 e. The summed E-state index contributed by atoms with van der Waals surface area (Å²) in [6, 6.07) is 1.91. The lowest BCUT2D eigenvalue weighted by Gasteiger charge is -1.93. The van der Waals surface area contributed by atoms with Crippen LogP contribution in [0.4, 0.5) is 0 Å². The predicted octanol–water partition coefficient (Wildman–Crippen LogP) is 2.38. The van der Waals surface area contributed by atoms with Crippen molar-refractivity contribution in [1.82, 2.24) is 5.73 Å². The Morgan fingerprint density at radius 3 is 2.40 bits per heavy atom. The molecule has 0 aromatic rings. The fourth-order valence-corrected chi connectivity index (χ4v) is 0.873. The van der Waals surface area contributed by atoms with Gasteiger partial charge in [-0.2, -0.15) is 0 Å². The lowest BCUT2D eigenvalue weighted by molar-refractivity contribution is 0.641. The van der Waals surface area contributed by atoms with Crippen molar-refractivity contribution >= 4 is 0 Å². The zero-order valence-electron chi connectivity index (χ0n) is 6.69. The maximum Gasteiger partial charge on any atom is 0.0584 e. The minimum absolute atomic E-state index is 0.847. The van der Waals surface area contributed by atoms with Gasteiger partial charge >= 0.3 is 0 Å². The molecule has 0 spiro atoms. The van der Waals surface area contributed by atoms with Crippen LogP contribution in [-0.4, -0.2) is 0 Å². The van der Waals surface area contributed by atoms with E-state index in [1.165, 1.54) is 25.7 Å². The topological polar surface area (TPSA) is 22.3 Å². The van der Waals surface area contributed by atoms with E-state index in [4.69, 9.17) is 5.73 Å². The highest BCUT2D eigenvalue weighted by atomic mass is 14.4. The Bertz CT molecular complexity index is 108. The summed E-state index contributed by atoms with van der Waals surface area (Å²) in [6.07, 6.45) is 7.15. The summed E-state index contributed by atoms with van der Waals surface area (Å²) in [4.78, 5) is 0. The monoisotopic (exact) mass is 137 g/mol. The van der Waals surface area contributed by atoms with Gasteiger partial charge in [-0.15, -0.1) is 0 Å². The third-order valence-corrected chi connectivity index (χ3v) is 1.48. The van der Waals surface area contributed by atoms with Crippen molar-refractivity contribution in [1.29, 1.82) is 0 Å². The molecule has 0 heterocycles. The Balaban J connectivity index is 2.82. The van der Waals surface area contributed by atoms with Gasteiger partial charge in [0.25, 0.3) is 0 Å². The Morgan fingerprint density at radius 2 is 1.80 bits per heavy atom. The fourth-order valence-electron chi connectivity index (χ4n) is 0.873. The summed E-state index contributed by atoms with van der Waals surface area (Å²) in [7, 11) is 0. The molecule has 0 saturated carbocycles. The molecule has 1 heteroatoms. The van der Waals surface area contributed by atoms with E-state index in [9.17, 15) is 0 Å². The first-order chi connectivity index (χ1) is 4.91. The van der Waals surface area contributed by atoms with Crippen molar-refractivity contribution in [2.45, 2.75) is 45.4 Å². The average molecular weight is 137 g/mol. The SMILES string of the molecule is CCCCCCCC#C[N]. The quantitative estimate of drug-likeness (QED) is 0.410. The van der Waals surface area contributed by atoms with Crippen LogP contribution in [0.2, 0.25) is 0 Å². The Labute approximate surface area is 64.0 Å². The van der Waals surface area contributed by atoms with Crippen molar-refractivity contribution in [2.75, 3.05) is 0 Å². The number of unbranched alkanes of at least 4 members (excludes halogenated alkanes) is 5. The van der Waals surface area contributed by atoms with Gasteiger partial charge in [-0.1, -0.05) is 44.3 Å². The van der Waals surface area contributed by atoms with Gasteiger partial charge < -0.3 is 0 Å². The van der Waals surface area contributed by atoms with Gasteiger partial charge in [-0.3, -0.25) is 0 Å². The summed E-state index contributed by atoms with van der Waals surface area (Å²) < 4.78 is 0. The van der Waals surface area contributed by atoms with Gasteiger partial charge in [-0.25, -0.2) is 0 Å². The van der Waals surface area contributed by atoms with Crippen LogP contribution in [0.3, 0.4) is 0 Å². The molecule has 0 aliphatic heterocycles. The van der Waals surface area contributed by atoms with Crippen LogP contribution in [0.15, 0.2) is 0 Å². The van der Waals surface area contributed by atoms with E-state index in [1.54, 1.807) is 0 Å². The number of nitrogens with zero attached hydrogens (tertiary/aromatic N) is 1. The van der Waals surface area contributed by atoms with Crippen LogP contribution in [-0.2, 0) is 0 Å². The van der Waals surface area contributed by atoms with Gasteiger partial charge in [0.2, 0.25) is 0 Å². The number of rotatable bonds is 5. The first kappa shape index (κ1) is 9.36. The molecule has 0 aliphatic rings. The molecule has 0 N–H and O–H groups in total. The third kappa shape index (κ3) is 7.36. The molecule has 10 heavy (non-hydrogen) atoms. The lowest BCUT2D eigenvalue weighted by atomic mass is 10.1. The van der Waals surface area contributed by atoms with E-state index in [1.807, 2.05) is 6.04 Å². The summed E-state index contributed by atoms with van der Waals surface area (Å²) in [5.41, 5.74) is 8.11. The zero-order chi connectivity index (χ0) is 7.66. The largest absolute Gasteiger partial charge is 0.0878 e. The molecule has 0 saturated heterocycles. The van der Waals surface area contributed by atoms with Crippen molar-refractivity contribution in [3.05, 3.63) is 0 Å². The van der Waals surface area contributed by atoms with E-state index in [-0.39, 0.29) is 0 Å². The maximum atomic E-state index is 8.11. The summed E-state index contributed by atoms with van der Waals surface area (Å²) in [5, 5.41) is 0. The van der Waals surface area contributed by atoms with E-state index in [0.29, 0.717) is 0 Å². The molecule has 0 atom stereocenters. The van der Waals surface area contributed by atoms with Gasteiger partial charge in [0.1, 0.15) is 0 Å². The first-order valence-corrected chi connectivity index (χ1v) is 4.03. The predicted molar refractivity (Wildman–Crippen MR) is 43.3 cm³/mol. The Hall–Kier alpha value is -0.640. The van der Waals surface area contributed by atoms with E-state index < -0.39 is 0 Å². The molecule has 56 valence electrons. The number of hydrogen-bond donors (Lipinski definition) is 0. The minimum atomic E-state index is 0.847. The summed E-state index contributed by atoms with van der Waals surface area (Å²) >= 11 is 0. The second-order valence-electron chi connectivity index (χ2n) is 2.45. The maximum absolute atomic E-state index is 8.11. The molecule has 0 aromatic heterocycles. The molecule has 1 nitrogen and oxygen atoms in total. The normalized spacial score (nSPS) is 8.50. The molecule has 0 bridgehead atoms.